The monoisotopic (exact) mass is 326 g/mol. The molecule has 0 spiro atoms. The molecule has 18 heavy (non-hydrogen) atoms. The minimum atomic E-state index is -0.240. The third-order valence-corrected chi connectivity index (χ3v) is 4.11. The van der Waals surface area contributed by atoms with Crippen LogP contribution in [0.4, 0.5) is 10.9 Å². The average molecular weight is 327 g/mol. The van der Waals surface area contributed by atoms with E-state index in [0.29, 0.717) is 21.5 Å². The molecule has 94 valence electrons. The largest absolute Gasteiger partial charge is 0.375 e. The molecule has 0 saturated heterocycles. The fourth-order valence-corrected chi connectivity index (χ4v) is 2.36. The van der Waals surface area contributed by atoms with E-state index in [9.17, 15) is 4.79 Å². The molecule has 0 unspecified atom stereocenters. The number of aryl methyl sites for hydroxylation is 2. The minimum absolute atomic E-state index is 0.240. The van der Waals surface area contributed by atoms with Gasteiger partial charge in [-0.15, -0.1) is 0 Å². The van der Waals surface area contributed by atoms with Crippen molar-refractivity contribution in [2.24, 2.45) is 0 Å². The van der Waals surface area contributed by atoms with E-state index < -0.39 is 0 Å². The van der Waals surface area contributed by atoms with Crippen LogP contribution in [0, 0.1) is 13.8 Å². The molecule has 1 amide bonds. The molecule has 0 saturated carbocycles. The number of hydrogen-bond acceptors (Lipinski definition) is 5. The molecule has 2 aromatic rings. The Kier molecular flexibility index (Phi) is 3.63. The summed E-state index contributed by atoms with van der Waals surface area (Å²) >= 11 is 4.52. The normalized spacial score (nSPS) is 10.4. The summed E-state index contributed by atoms with van der Waals surface area (Å²) in [5, 5.41) is 3.11. The van der Waals surface area contributed by atoms with E-state index in [0.717, 1.165) is 10.2 Å². The van der Waals surface area contributed by atoms with Crippen molar-refractivity contribution < 1.29 is 4.79 Å². The lowest BCUT2D eigenvalue weighted by molar-refractivity contribution is 0.102. The summed E-state index contributed by atoms with van der Waals surface area (Å²) in [5.74, 6) is 0.267. The minimum Gasteiger partial charge on any atom is -0.375 e. The van der Waals surface area contributed by atoms with Crippen molar-refractivity contribution in [3.05, 3.63) is 32.9 Å². The molecule has 2 heterocycles. The predicted molar refractivity (Wildman–Crippen MR) is 75.9 cm³/mol. The molecule has 2 aromatic heterocycles. The zero-order valence-corrected chi connectivity index (χ0v) is 12.2. The Morgan fingerprint density at radius 1 is 1.33 bits per heavy atom. The van der Waals surface area contributed by atoms with Gasteiger partial charge in [0.2, 0.25) is 0 Å². The van der Waals surface area contributed by atoms with Crippen molar-refractivity contribution in [1.29, 1.82) is 0 Å². The second kappa shape index (κ2) is 5.03. The van der Waals surface area contributed by atoms with Gasteiger partial charge in [0.25, 0.3) is 5.91 Å². The molecule has 0 aromatic carbocycles. The van der Waals surface area contributed by atoms with Crippen molar-refractivity contribution in [3.8, 4) is 0 Å². The van der Waals surface area contributed by atoms with E-state index in [1.54, 1.807) is 13.0 Å². The summed E-state index contributed by atoms with van der Waals surface area (Å²) in [7, 11) is 0. The van der Waals surface area contributed by atoms with Gasteiger partial charge in [-0.2, -0.15) is 0 Å². The maximum Gasteiger partial charge on any atom is 0.268 e. The van der Waals surface area contributed by atoms with Crippen LogP contribution in [0.5, 0.6) is 0 Å². The molecule has 0 aliphatic rings. The third-order valence-electron chi connectivity index (χ3n) is 2.28. The maximum absolute atomic E-state index is 12.0. The SMILES string of the molecule is Cc1nc(NC(=O)c2sc(N)nc2C)ccc1Br. The number of nitrogens with one attached hydrogen (secondary N) is 1. The van der Waals surface area contributed by atoms with Crippen LogP contribution >= 0.6 is 27.3 Å². The van der Waals surface area contributed by atoms with Crippen LogP contribution < -0.4 is 11.1 Å². The van der Waals surface area contributed by atoms with Crippen LogP contribution in [0.3, 0.4) is 0 Å². The number of thiazole rings is 1. The van der Waals surface area contributed by atoms with Crippen LogP contribution in [0.15, 0.2) is 16.6 Å². The molecule has 0 bridgehead atoms. The van der Waals surface area contributed by atoms with E-state index in [4.69, 9.17) is 5.73 Å². The standard InChI is InChI=1S/C11H11BrN4OS/c1-5-7(12)3-4-8(14-5)16-10(17)9-6(2)15-11(13)18-9/h3-4H,1-2H3,(H2,13,15)(H,14,16,17). The van der Waals surface area contributed by atoms with Gasteiger partial charge in [-0.1, -0.05) is 11.3 Å². The number of nitrogens with two attached hydrogens (primary N) is 1. The molecular formula is C11H11BrN4OS. The first-order valence-electron chi connectivity index (χ1n) is 5.15. The fraction of sp³-hybridized carbons (Fsp3) is 0.182. The van der Waals surface area contributed by atoms with Gasteiger partial charge in [-0.25, -0.2) is 9.97 Å². The van der Waals surface area contributed by atoms with Crippen LogP contribution in [-0.2, 0) is 0 Å². The van der Waals surface area contributed by atoms with Gasteiger partial charge in [-0.05, 0) is 41.9 Å². The molecule has 5 nitrogen and oxygen atoms in total. The van der Waals surface area contributed by atoms with Crippen molar-refractivity contribution in [1.82, 2.24) is 9.97 Å². The highest BCUT2D eigenvalue weighted by atomic mass is 79.9. The Hall–Kier alpha value is -1.47. The lowest BCUT2D eigenvalue weighted by atomic mass is 10.3. The van der Waals surface area contributed by atoms with Gasteiger partial charge in [-0.3, -0.25) is 4.79 Å². The van der Waals surface area contributed by atoms with Gasteiger partial charge in [0, 0.05) is 4.47 Å². The molecular weight excluding hydrogens is 316 g/mol. The molecule has 2 rings (SSSR count). The summed E-state index contributed by atoms with van der Waals surface area (Å²) in [6.07, 6.45) is 0. The summed E-state index contributed by atoms with van der Waals surface area (Å²) in [5.41, 5.74) is 7.00. The summed E-state index contributed by atoms with van der Waals surface area (Å²) in [6.45, 7) is 3.61. The van der Waals surface area contributed by atoms with Gasteiger partial charge in [0.05, 0.1) is 11.4 Å². The topological polar surface area (TPSA) is 80.9 Å². The van der Waals surface area contributed by atoms with Crippen LogP contribution in [0.25, 0.3) is 0 Å². The van der Waals surface area contributed by atoms with Crippen molar-refractivity contribution in [3.63, 3.8) is 0 Å². The van der Waals surface area contributed by atoms with Crippen LogP contribution in [0.1, 0.15) is 21.1 Å². The summed E-state index contributed by atoms with van der Waals surface area (Å²) in [6, 6.07) is 3.57. The van der Waals surface area contributed by atoms with Gasteiger partial charge < -0.3 is 11.1 Å². The van der Waals surface area contributed by atoms with E-state index in [-0.39, 0.29) is 5.91 Å². The van der Waals surface area contributed by atoms with Crippen LogP contribution in [0.2, 0.25) is 0 Å². The number of aromatic nitrogens is 2. The fourth-order valence-electron chi connectivity index (χ4n) is 1.41. The molecule has 7 heteroatoms. The Morgan fingerprint density at radius 3 is 2.61 bits per heavy atom. The zero-order valence-electron chi connectivity index (χ0n) is 9.82. The third kappa shape index (κ3) is 2.68. The summed E-state index contributed by atoms with van der Waals surface area (Å²) in [4.78, 5) is 20.8. The lowest BCUT2D eigenvalue weighted by Gasteiger charge is -2.05. The van der Waals surface area contributed by atoms with E-state index in [2.05, 4.69) is 31.2 Å². The van der Waals surface area contributed by atoms with Crippen LogP contribution in [-0.4, -0.2) is 15.9 Å². The molecule has 0 fully saturated rings. The van der Waals surface area contributed by atoms with Gasteiger partial charge in [0.15, 0.2) is 5.13 Å². The Balaban J connectivity index is 2.21. The first-order valence-corrected chi connectivity index (χ1v) is 6.75. The average Bonchev–Trinajstić information content (AvgIpc) is 2.63. The number of anilines is 2. The zero-order chi connectivity index (χ0) is 13.3. The Morgan fingerprint density at radius 2 is 2.06 bits per heavy atom. The number of carbonyl (C=O) groups excluding carboxylic acids is 1. The van der Waals surface area contributed by atoms with E-state index in [1.807, 2.05) is 13.0 Å². The van der Waals surface area contributed by atoms with Gasteiger partial charge >= 0.3 is 0 Å². The number of hydrogen-bond donors (Lipinski definition) is 2. The van der Waals surface area contributed by atoms with E-state index in [1.165, 1.54) is 11.3 Å². The maximum atomic E-state index is 12.0. The number of amides is 1. The molecule has 0 aliphatic heterocycles. The highest BCUT2D eigenvalue weighted by Crippen LogP contribution is 2.21. The number of carbonyl (C=O) groups is 1. The second-order valence-corrected chi connectivity index (χ2v) is 5.57. The highest BCUT2D eigenvalue weighted by molar-refractivity contribution is 9.10. The van der Waals surface area contributed by atoms with Crippen molar-refractivity contribution in [2.75, 3.05) is 11.1 Å². The molecule has 0 aliphatic carbocycles. The molecule has 3 N–H and O–H groups in total. The number of rotatable bonds is 2. The predicted octanol–water partition coefficient (Wildman–Crippen LogP) is 2.75. The highest BCUT2D eigenvalue weighted by Gasteiger charge is 2.14. The number of halogens is 1. The Bertz CT molecular complexity index is 611. The molecule has 0 atom stereocenters. The van der Waals surface area contributed by atoms with Gasteiger partial charge in [0.1, 0.15) is 10.7 Å². The van der Waals surface area contributed by atoms with Crippen molar-refractivity contribution >= 4 is 44.1 Å². The van der Waals surface area contributed by atoms with E-state index >= 15 is 0 Å². The molecule has 0 radical (unpaired) electrons. The first kappa shape index (κ1) is 13.0. The smallest absolute Gasteiger partial charge is 0.268 e. The number of nitrogens with zero attached hydrogens (tertiary/aromatic N) is 2. The van der Waals surface area contributed by atoms with Crippen molar-refractivity contribution in [2.45, 2.75) is 13.8 Å². The number of pyridine rings is 1. The second-order valence-electron chi connectivity index (χ2n) is 3.68. The quantitative estimate of drug-likeness (QED) is 0.889. The lowest BCUT2D eigenvalue weighted by Crippen LogP contribution is -2.13. The first-order chi connectivity index (χ1) is 8.47. The summed E-state index contributed by atoms with van der Waals surface area (Å²) < 4.78 is 0.902. The Labute approximate surface area is 117 Å². The number of nitrogen functional groups attached to an aromatic ring is 1.